The molecule has 0 aliphatic heterocycles. The van der Waals surface area contributed by atoms with Crippen LogP contribution in [0.5, 0.6) is 5.75 Å². The third-order valence-corrected chi connectivity index (χ3v) is 4.97. The third-order valence-electron chi connectivity index (χ3n) is 4.69. The second kappa shape index (κ2) is 9.01. The average molecular weight is 408 g/mol. The lowest BCUT2D eigenvalue weighted by molar-refractivity contribution is 0.318. The first kappa shape index (κ1) is 20.7. The van der Waals surface area contributed by atoms with Gasteiger partial charge >= 0.3 is 0 Å². The van der Waals surface area contributed by atoms with Gasteiger partial charge in [-0.3, -0.25) is 4.79 Å². The third kappa shape index (κ3) is 4.22. The molecule has 1 aromatic heterocycles. The Hall–Kier alpha value is -2.99. The van der Waals surface area contributed by atoms with Gasteiger partial charge in [0.1, 0.15) is 5.75 Å². The molecule has 0 aliphatic carbocycles. The fraction of sp³-hybridized carbons (Fsp3) is 0.217. The number of fused-ring (bicyclic) bond motifs is 1. The monoisotopic (exact) mass is 407 g/mol. The van der Waals surface area contributed by atoms with Gasteiger partial charge in [0, 0.05) is 59.7 Å². The van der Waals surface area contributed by atoms with Crippen molar-refractivity contribution in [2.75, 3.05) is 13.7 Å². The minimum atomic E-state index is -0.0673. The van der Waals surface area contributed by atoms with Gasteiger partial charge in [0.15, 0.2) is 0 Å². The fourth-order valence-corrected chi connectivity index (χ4v) is 3.49. The molecule has 29 heavy (non-hydrogen) atoms. The SMILES string of the molecule is CCCOc1ccc(S)cc1-c1cn(C)c(=O)c2ccc(/C(C=N)=C/NC)cc12. The molecule has 6 heteroatoms. The van der Waals surface area contributed by atoms with E-state index in [4.69, 9.17) is 10.1 Å². The van der Waals surface area contributed by atoms with E-state index >= 15 is 0 Å². The lowest BCUT2D eigenvalue weighted by Gasteiger charge is -2.16. The molecule has 0 radical (unpaired) electrons. The molecule has 150 valence electrons. The number of rotatable bonds is 7. The number of hydrogen-bond donors (Lipinski definition) is 3. The van der Waals surface area contributed by atoms with Crippen molar-refractivity contribution in [2.24, 2.45) is 7.05 Å². The molecule has 3 aromatic rings. The van der Waals surface area contributed by atoms with Gasteiger partial charge in [-0.1, -0.05) is 13.0 Å². The summed E-state index contributed by atoms with van der Waals surface area (Å²) in [5.41, 5.74) is 3.29. The Balaban J connectivity index is 2.34. The standard InChI is InChI=1S/C23H25N3O2S/c1-4-9-28-22-8-6-17(29)11-20(22)21-14-26(3)23(27)18-7-5-15(10-19(18)21)16(12-24)13-25-2/h5-8,10-14,24-25,29H,4,9H2,1-3H3/b16-13+,24-12?. The lowest BCUT2D eigenvalue weighted by Crippen LogP contribution is -2.16. The molecule has 0 saturated heterocycles. The van der Waals surface area contributed by atoms with Crippen LogP contribution in [0.4, 0.5) is 0 Å². The summed E-state index contributed by atoms with van der Waals surface area (Å²) in [6.45, 7) is 2.67. The number of ether oxygens (including phenoxy) is 1. The van der Waals surface area contributed by atoms with E-state index in [-0.39, 0.29) is 5.56 Å². The van der Waals surface area contributed by atoms with Gasteiger partial charge in [0.05, 0.1) is 6.61 Å². The molecule has 0 saturated carbocycles. The maximum absolute atomic E-state index is 12.8. The van der Waals surface area contributed by atoms with Crippen molar-refractivity contribution in [2.45, 2.75) is 18.2 Å². The van der Waals surface area contributed by atoms with E-state index in [1.165, 1.54) is 6.21 Å². The van der Waals surface area contributed by atoms with E-state index in [0.29, 0.717) is 12.0 Å². The van der Waals surface area contributed by atoms with Crippen molar-refractivity contribution < 1.29 is 4.74 Å². The van der Waals surface area contributed by atoms with Gasteiger partial charge in [-0.15, -0.1) is 12.6 Å². The molecule has 0 aliphatic rings. The first-order valence-corrected chi connectivity index (χ1v) is 9.92. The van der Waals surface area contributed by atoms with Crippen LogP contribution in [0.3, 0.4) is 0 Å². The average Bonchev–Trinajstić information content (AvgIpc) is 2.73. The van der Waals surface area contributed by atoms with Crippen molar-refractivity contribution in [3.8, 4) is 16.9 Å². The second-order valence-corrected chi connectivity index (χ2v) is 7.30. The van der Waals surface area contributed by atoms with Gasteiger partial charge in [-0.25, -0.2) is 0 Å². The van der Waals surface area contributed by atoms with Crippen LogP contribution in [-0.4, -0.2) is 24.4 Å². The van der Waals surface area contributed by atoms with Crippen LogP contribution < -0.4 is 15.6 Å². The Kier molecular flexibility index (Phi) is 6.44. The summed E-state index contributed by atoms with van der Waals surface area (Å²) in [6, 6.07) is 11.4. The minimum Gasteiger partial charge on any atom is -0.493 e. The number of benzene rings is 2. The van der Waals surface area contributed by atoms with Crippen molar-refractivity contribution in [3.05, 3.63) is 64.7 Å². The van der Waals surface area contributed by atoms with E-state index in [1.807, 2.05) is 42.6 Å². The summed E-state index contributed by atoms with van der Waals surface area (Å²) < 4.78 is 7.56. The van der Waals surface area contributed by atoms with Crippen LogP contribution in [0.15, 0.2) is 58.5 Å². The quantitative estimate of drug-likeness (QED) is 0.399. The number of hydrogen-bond acceptors (Lipinski definition) is 5. The van der Waals surface area contributed by atoms with E-state index < -0.39 is 0 Å². The molecule has 0 unspecified atom stereocenters. The van der Waals surface area contributed by atoms with Crippen LogP contribution >= 0.6 is 12.6 Å². The van der Waals surface area contributed by atoms with Gasteiger partial charge in [0.25, 0.3) is 5.56 Å². The number of aryl methyl sites for hydroxylation is 1. The Labute approximate surface area is 175 Å². The number of pyridine rings is 1. The van der Waals surface area contributed by atoms with Crippen LogP contribution in [0.2, 0.25) is 0 Å². The topological polar surface area (TPSA) is 67.1 Å². The van der Waals surface area contributed by atoms with Crippen LogP contribution in [0, 0.1) is 5.41 Å². The first-order valence-electron chi connectivity index (χ1n) is 9.48. The Bertz CT molecular complexity index is 1150. The smallest absolute Gasteiger partial charge is 0.258 e. The van der Waals surface area contributed by atoms with Crippen molar-refractivity contribution >= 4 is 35.2 Å². The highest BCUT2D eigenvalue weighted by atomic mass is 32.1. The largest absolute Gasteiger partial charge is 0.493 e. The maximum Gasteiger partial charge on any atom is 0.258 e. The summed E-state index contributed by atoms with van der Waals surface area (Å²) in [5.74, 6) is 0.757. The number of allylic oxidation sites excluding steroid dienone is 1. The van der Waals surface area contributed by atoms with Crippen LogP contribution in [0.25, 0.3) is 27.5 Å². The summed E-state index contributed by atoms with van der Waals surface area (Å²) in [4.78, 5) is 13.6. The molecule has 3 rings (SSSR count). The zero-order chi connectivity index (χ0) is 21.0. The summed E-state index contributed by atoms with van der Waals surface area (Å²) in [6.07, 6.45) is 5.79. The van der Waals surface area contributed by atoms with Crippen LogP contribution in [-0.2, 0) is 7.05 Å². The van der Waals surface area contributed by atoms with E-state index in [0.717, 1.165) is 44.7 Å². The Morgan fingerprint density at radius 2 is 2.00 bits per heavy atom. The highest BCUT2D eigenvalue weighted by Crippen LogP contribution is 2.36. The highest BCUT2D eigenvalue weighted by molar-refractivity contribution is 7.80. The number of thiol groups is 1. The molecule has 1 heterocycles. The molecule has 5 nitrogen and oxygen atoms in total. The minimum absolute atomic E-state index is 0.0673. The Morgan fingerprint density at radius 1 is 1.21 bits per heavy atom. The summed E-state index contributed by atoms with van der Waals surface area (Å²) >= 11 is 4.51. The van der Waals surface area contributed by atoms with E-state index in [2.05, 4.69) is 24.9 Å². The molecule has 2 aromatic carbocycles. The molecular weight excluding hydrogens is 382 g/mol. The zero-order valence-electron chi connectivity index (χ0n) is 16.8. The van der Waals surface area contributed by atoms with Gasteiger partial charge in [-0.2, -0.15) is 0 Å². The number of nitrogens with zero attached hydrogens (tertiary/aromatic N) is 1. The fourth-order valence-electron chi connectivity index (χ4n) is 3.29. The predicted octanol–water partition coefficient (Wildman–Crippen LogP) is 4.49. The molecule has 0 atom stereocenters. The molecule has 2 N–H and O–H groups in total. The zero-order valence-corrected chi connectivity index (χ0v) is 17.7. The lowest BCUT2D eigenvalue weighted by atomic mass is 9.96. The van der Waals surface area contributed by atoms with Gasteiger partial charge < -0.3 is 20.0 Å². The van der Waals surface area contributed by atoms with Gasteiger partial charge in [0.2, 0.25) is 0 Å². The van der Waals surface area contributed by atoms with Crippen LogP contribution in [0.1, 0.15) is 18.9 Å². The molecule has 0 amide bonds. The number of aromatic nitrogens is 1. The van der Waals surface area contributed by atoms with Gasteiger partial charge in [-0.05, 0) is 47.7 Å². The van der Waals surface area contributed by atoms with E-state index in [1.54, 1.807) is 24.9 Å². The number of nitrogens with one attached hydrogen (secondary N) is 2. The van der Waals surface area contributed by atoms with Crippen molar-refractivity contribution in [1.82, 2.24) is 9.88 Å². The highest BCUT2D eigenvalue weighted by Gasteiger charge is 2.15. The molecule has 0 spiro atoms. The summed E-state index contributed by atoms with van der Waals surface area (Å²) in [7, 11) is 3.54. The second-order valence-electron chi connectivity index (χ2n) is 6.78. The molecule has 0 bridgehead atoms. The first-order chi connectivity index (χ1) is 14.0. The van der Waals surface area contributed by atoms with Crippen molar-refractivity contribution in [1.29, 1.82) is 5.41 Å². The predicted molar refractivity (Wildman–Crippen MR) is 123 cm³/mol. The maximum atomic E-state index is 12.8. The Morgan fingerprint density at radius 3 is 2.69 bits per heavy atom. The molecular formula is C23H25N3O2S. The summed E-state index contributed by atoms with van der Waals surface area (Å²) in [5, 5.41) is 12.1. The van der Waals surface area contributed by atoms with Crippen molar-refractivity contribution in [3.63, 3.8) is 0 Å². The van der Waals surface area contributed by atoms with E-state index in [9.17, 15) is 4.79 Å². The normalized spacial score (nSPS) is 11.5. The molecule has 0 fully saturated rings.